The fourth-order valence-corrected chi connectivity index (χ4v) is 2.85. The Morgan fingerprint density at radius 1 is 0.793 bits per heavy atom. The van der Waals surface area contributed by atoms with Gasteiger partial charge < -0.3 is 20.1 Å². The number of carbonyl (C=O) groups is 2. The molecule has 0 aromatic heterocycles. The van der Waals surface area contributed by atoms with Crippen LogP contribution < -0.4 is 20.1 Å². The molecule has 2 N–H and O–H groups in total. The molecule has 1 atom stereocenters. The minimum absolute atomic E-state index is 0.0270. The van der Waals surface area contributed by atoms with Gasteiger partial charge in [-0.15, -0.1) is 0 Å². The van der Waals surface area contributed by atoms with Crippen molar-refractivity contribution in [3.8, 4) is 11.5 Å². The van der Waals surface area contributed by atoms with E-state index < -0.39 is 0 Å². The smallest absolute Gasteiger partial charge is 0.220 e. The summed E-state index contributed by atoms with van der Waals surface area (Å²) in [4.78, 5) is 24.1. The molecule has 2 amide bonds. The fraction of sp³-hybridized carbons (Fsp3) is 0.391. The Morgan fingerprint density at radius 3 is 1.69 bits per heavy atom. The largest absolute Gasteiger partial charge is 0.497 e. The second kappa shape index (κ2) is 11.7. The minimum atomic E-state index is -0.122. The summed E-state index contributed by atoms with van der Waals surface area (Å²) in [7, 11) is 3.25. The summed E-state index contributed by atoms with van der Waals surface area (Å²) in [5, 5.41) is 5.80. The zero-order valence-electron chi connectivity index (χ0n) is 17.4. The van der Waals surface area contributed by atoms with Crippen LogP contribution in [0.25, 0.3) is 0 Å². The highest BCUT2D eigenvalue weighted by Gasteiger charge is 2.10. The quantitative estimate of drug-likeness (QED) is 0.610. The van der Waals surface area contributed by atoms with Crippen LogP contribution in [-0.2, 0) is 22.4 Å². The van der Waals surface area contributed by atoms with Crippen molar-refractivity contribution in [2.75, 3.05) is 20.8 Å². The first-order valence-corrected chi connectivity index (χ1v) is 9.82. The highest BCUT2D eigenvalue weighted by atomic mass is 16.5. The molecule has 0 aliphatic heterocycles. The molecule has 6 heteroatoms. The molecular weight excluding hydrogens is 368 g/mol. The monoisotopic (exact) mass is 398 g/mol. The third kappa shape index (κ3) is 8.25. The predicted octanol–water partition coefficient (Wildman–Crippen LogP) is 2.89. The Balaban J connectivity index is 1.62. The van der Waals surface area contributed by atoms with E-state index in [0.29, 0.717) is 32.2 Å². The van der Waals surface area contributed by atoms with Gasteiger partial charge in [-0.25, -0.2) is 0 Å². The van der Waals surface area contributed by atoms with Crippen LogP contribution in [0.3, 0.4) is 0 Å². The summed E-state index contributed by atoms with van der Waals surface area (Å²) in [6, 6.07) is 15.2. The standard InChI is InChI=1S/C23H30N2O4/c1-17(25-23(27)15-9-19-6-12-21(29-3)13-7-19)16-24-22(26)14-8-18-4-10-20(28-2)11-5-18/h4-7,10-13,17H,8-9,14-16H2,1-3H3,(H,24,26)(H,25,27)/t17-/m1/s1. The van der Waals surface area contributed by atoms with E-state index in [4.69, 9.17) is 9.47 Å². The summed E-state index contributed by atoms with van der Waals surface area (Å²) in [5.41, 5.74) is 2.17. The van der Waals surface area contributed by atoms with E-state index in [9.17, 15) is 9.59 Å². The maximum Gasteiger partial charge on any atom is 0.220 e. The van der Waals surface area contributed by atoms with Gasteiger partial charge in [0.25, 0.3) is 0 Å². The molecule has 0 bridgehead atoms. The predicted molar refractivity (Wildman–Crippen MR) is 113 cm³/mol. The van der Waals surface area contributed by atoms with Crippen LogP contribution >= 0.6 is 0 Å². The number of rotatable bonds is 11. The zero-order chi connectivity index (χ0) is 21.1. The molecule has 0 unspecified atom stereocenters. The van der Waals surface area contributed by atoms with Gasteiger partial charge in [0.1, 0.15) is 11.5 Å². The van der Waals surface area contributed by atoms with Gasteiger partial charge in [-0.3, -0.25) is 9.59 Å². The molecule has 0 heterocycles. The molecule has 0 saturated heterocycles. The van der Waals surface area contributed by atoms with E-state index in [0.717, 1.165) is 22.6 Å². The fourth-order valence-electron chi connectivity index (χ4n) is 2.85. The lowest BCUT2D eigenvalue weighted by Crippen LogP contribution is -2.41. The van der Waals surface area contributed by atoms with Gasteiger partial charge in [0.15, 0.2) is 0 Å². The molecule has 2 aromatic rings. The summed E-state index contributed by atoms with van der Waals surface area (Å²) in [6.07, 6.45) is 2.14. The molecule has 0 saturated carbocycles. The Morgan fingerprint density at radius 2 is 1.24 bits per heavy atom. The molecular formula is C23H30N2O4. The number of nitrogens with one attached hydrogen (secondary N) is 2. The molecule has 0 aliphatic rings. The topological polar surface area (TPSA) is 76.7 Å². The van der Waals surface area contributed by atoms with Crippen molar-refractivity contribution in [2.45, 2.75) is 38.6 Å². The van der Waals surface area contributed by atoms with E-state index >= 15 is 0 Å². The first-order chi connectivity index (χ1) is 14.0. The van der Waals surface area contributed by atoms with Crippen LogP contribution in [0.4, 0.5) is 0 Å². The van der Waals surface area contributed by atoms with Gasteiger partial charge >= 0.3 is 0 Å². The lowest BCUT2D eigenvalue weighted by atomic mass is 10.1. The van der Waals surface area contributed by atoms with Gasteiger partial charge in [0.2, 0.25) is 11.8 Å². The zero-order valence-corrected chi connectivity index (χ0v) is 17.4. The molecule has 0 fully saturated rings. The van der Waals surface area contributed by atoms with Crippen LogP contribution in [0.1, 0.15) is 30.9 Å². The molecule has 2 aromatic carbocycles. The molecule has 0 radical (unpaired) electrons. The Kier molecular flexibility index (Phi) is 9.02. The molecule has 6 nitrogen and oxygen atoms in total. The van der Waals surface area contributed by atoms with Crippen LogP contribution in [0.5, 0.6) is 11.5 Å². The minimum Gasteiger partial charge on any atom is -0.497 e. The van der Waals surface area contributed by atoms with Crippen LogP contribution in [-0.4, -0.2) is 38.6 Å². The molecule has 156 valence electrons. The van der Waals surface area contributed by atoms with Crippen molar-refractivity contribution in [1.82, 2.24) is 10.6 Å². The number of methoxy groups -OCH3 is 2. The summed E-state index contributed by atoms with van der Waals surface area (Å²) < 4.78 is 10.3. The van der Waals surface area contributed by atoms with Crippen molar-refractivity contribution < 1.29 is 19.1 Å². The third-order valence-corrected chi connectivity index (χ3v) is 4.61. The highest BCUT2D eigenvalue weighted by molar-refractivity contribution is 5.77. The molecule has 0 spiro atoms. The number of hydrogen-bond acceptors (Lipinski definition) is 4. The van der Waals surface area contributed by atoms with Crippen molar-refractivity contribution in [2.24, 2.45) is 0 Å². The summed E-state index contributed by atoms with van der Waals surface area (Å²) >= 11 is 0. The molecule has 2 rings (SSSR count). The maximum absolute atomic E-state index is 12.1. The van der Waals surface area contributed by atoms with E-state index in [1.807, 2.05) is 55.5 Å². The van der Waals surface area contributed by atoms with Gasteiger partial charge in [0.05, 0.1) is 14.2 Å². The summed E-state index contributed by atoms with van der Waals surface area (Å²) in [5.74, 6) is 1.55. The first-order valence-electron chi connectivity index (χ1n) is 9.82. The first kappa shape index (κ1) is 22.3. The van der Waals surface area contributed by atoms with E-state index in [-0.39, 0.29) is 17.9 Å². The Hall–Kier alpha value is -3.02. The lowest BCUT2D eigenvalue weighted by Gasteiger charge is -2.15. The average Bonchev–Trinajstić information content (AvgIpc) is 2.75. The van der Waals surface area contributed by atoms with Gasteiger partial charge in [0, 0.05) is 25.4 Å². The number of benzene rings is 2. The number of amides is 2. The number of ether oxygens (including phenoxy) is 2. The van der Waals surface area contributed by atoms with E-state index in [2.05, 4.69) is 10.6 Å². The number of hydrogen-bond donors (Lipinski definition) is 2. The van der Waals surface area contributed by atoms with Gasteiger partial charge in [-0.1, -0.05) is 24.3 Å². The van der Waals surface area contributed by atoms with Crippen LogP contribution in [0.2, 0.25) is 0 Å². The second-order valence-electron chi connectivity index (χ2n) is 6.97. The normalized spacial score (nSPS) is 11.4. The van der Waals surface area contributed by atoms with E-state index in [1.54, 1.807) is 14.2 Å². The highest BCUT2D eigenvalue weighted by Crippen LogP contribution is 2.13. The van der Waals surface area contributed by atoms with Crippen molar-refractivity contribution in [3.05, 3.63) is 59.7 Å². The number of aryl methyl sites for hydroxylation is 2. The SMILES string of the molecule is COc1ccc(CCC(=O)NC[C@@H](C)NC(=O)CCc2ccc(OC)cc2)cc1. The van der Waals surface area contributed by atoms with E-state index in [1.165, 1.54) is 0 Å². The van der Waals surface area contributed by atoms with Gasteiger partial charge in [-0.2, -0.15) is 0 Å². The lowest BCUT2D eigenvalue weighted by molar-refractivity contribution is -0.123. The molecule has 29 heavy (non-hydrogen) atoms. The Labute approximate surface area is 172 Å². The molecule has 0 aliphatic carbocycles. The number of carbonyl (C=O) groups excluding carboxylic acids is 2. The van der Waals surface area contributed by atoms with Crippen LogP contribution in [0.15, 0.2) is 48.5 Å². The second-order valence-corrected chi connectivity index (χ2v) is 6.97. The third-order valence-electron chi connectivity index (χ3n) is 4.61. The maximum atomic E-state index is 12.1. The van der Waals surface area contributed by atoms with Crippen molar-refractivity contribution in [3.63, 3.8) is 0 Å². The Bertz CT molecular complexity index is 772. The van der Waals surface area contributed by atoms with Gasteiger partial charge in [-0.05, 0) is 55.2 Å². The van der Waals surface area contributed by atoms with Crippen LogP contribution in [0, 0.1) is 0 Å². The van der Waals surface area contributed by atoms with Crippen molar-refractivity contribution >= 4 is 11.8 Å². The average molecular weight is 399 g/mol. The summed E-state index contributed by atoms with van der Waals surface area (Å²) in [6.45, 7) is 2.30. The van der Waals surface area contributed by atoms with Crippen molar-refractivity contribution in [1.29, 1.82) is 0 Å².